The average molecular weight is 261 g/mol. The number of amides is 1. The second kappa shape index (κ2) is 9.60. The van der Waals surface area contributed by atoms with Gasteiger partial charge in [-0.2, -0.15) is 0 Å². The highest BCUT2D eigenvalue weighted by molar-refractivity contribution is 5.76. The monoisotopic (exact) mass is 261 g/mol. The summed E-state index contributed by atoms with van der Waals surface area (Å²) in [5.41, 5.74) is 1.20. The molecule has 1 rings (SSSR count). The van der Waals surface area contributed by atoms with Crippen LogP contribution in [0.25, 0.3) is 0 Å². The zero-order valence-corrected chi connectivity index (χ0v) is 12.3. The van der Waals surface area contributed by atoms with Crippen LogP contribution in [-0.2, 0) is 4.79 Å². The minimum absolute atomic E-state index is 0.157. The van der Waals surface area contributed by atoms with E-state index in [4.69, 9.17) is 0 Å². The molecule has 1 N–H and O–H groups in total. The van der Waals surface area contributed by atoms with Gasteiger partial charge in [-0.15, -0.1) is 0 Å². The first-order chi connectivity index (χ1) is 9.27. The predicted molar refractivity (Wildman–Crippen MR) is 81.0 cm³/mol. The second-order valence-electron chi connectivity index (χ2n) is 5.10. The van der Waals surface area contributed by atoms with Crippen molar-refractivity contribution in [3.8, 4) is 0 Å². The van der Waals surface area contributed by atoms with Gasteiger partial charge in [0, 0.05) is 6.42 Å². The number of nitrogens with one attached hydrogen (secondary N) is 1. The Balaban J connectivity index is 2.30. The summed E-state index contributed by atoms with van der Waals surface area (Å²) >= 11 is 0. The van der Waals surface area contributed by atoms with Gasteiger partial charge in [-0.25, -0.2) is 0 Å². The van der Waals surface area contributed by atoms with E-state index in [0.29, 0.717) is 6.42 Å². The lowest BCUT2D eigenvalue weighted by atomic mass is 10.0. The quantitative estimate of drug-likeness (QED) is 0.646. The molecule has 2 heteroatoms. The van der Waals surface area contributed by atoms with Crippen molar-refractivity contribution in [2.24, 2.45) is 0 Å². The van der Waals surface area contributed by atoms with E-state index in [1.54, 1.807) is 0 Å². The third-order valence-corrected chi connectivity index (χ3v) is 3.45. The van der Waals surface area contributed by atoms with E-state index >= 15 is 0 Å². The third-order valence-electron chi connectivity index (χ3n) is 3.45. The van der Waals surface area contributed by atoms with E-state index in [9.17, 15) is 4.79 Å². The number of unbranched alkanes of at least 4 members (excludes halogenated alkanes) is 4. The molecule has 0 heterocycles. The van der Waals surface area contributed by atoms with E-state index in [1.165, 1.54) is 31.2 Å². The largest absolute Gasteiger partial charge is 0.349 e. The van der Waals surface area contributed by atoms with Crippen molar-refractivity contribution >= 4 is 5.91 Å². The van der Waals surface area contributed by atoms with Crippen molar-refractivity contribution in [1.82, 2.24) is 5.32 Å². The molecule has 1 unspecified atom stereocenters. The first-order valence-electron chi connectivity index (χ1n) is 7.62. The average Bonchev–Trinajstić information content (AvgIpc) is 2.45. The van der Waals surface area contributed by atoms with Gasteiger partial charge in [0.15, 0.2) is 0 Å². The van der Waals surface area contributed by atoms with Crippen molar-refractivity contribution in [2.75, 3.05) is 0 Å². The Kier molecular flexibility index (Phi) is 7.95. The van der Waals surface area contributed by atoms with Gasteiger partial charge in [-0.05, 0) is 18.4 Å². The second-order valence-corrected chi connectivity index (χ2v) is 5.10. The van der Waals surface area contributed by atoms with E-state index in [2.05, 4.69) is 31.3 Å². The highest BCUT2D eigenvalue weighted by atomic mass is 16.1. The Morgan fingerprint density at radius 1 is 1.05 bits per heavy atom. The minimum Gasteiger partial charge on any atom is -0.349 e. The number of hydrogen-bond donors (Lipinski definition) is 1. The van der Waals surface area contributed by atoms with Crippen molar-refractivity contribution in [1.29, 1.82) is 0 Å². The Morgan fingerprint density at radius 2 is 1.74 bits per heavy atom. The Labute approximate surface area is 117 Å². The van der Waals surface area contributed by atoms with E-state index < -0.39 is 0 Å². The van der Waals surface area contributed by atoms with E-state index in [0.717, 1.165) is 12.8 Å². The molecule has 106 valence electrons. The zero-order chi connectivity index (χ0) is 13.9. The molecule has 1 atom stereocenters. The molecule has 0 saturated carbocycles. The molecule has 0 bridgehead atoms. The maximum atomic E-state index is 11.9. The van der Waals surface area contributed by atoms with Crippen LogP contribution in [0.1, 0.15) is 70.4 Å². The summed E-state index contributed by atoms with van der Waals surface area (Å²) in [4.78, 5) is 11.9. The van der Waals surface area contributed by atoms with Crippen LogP contribution in [0.5, 0.6) is 0 Å². The summed E-state index contributed by atoms with van der Waals surface area (Å²) in [6, 6.07) is 10.4. The fourth-order valence-electron chi connectivity index (χ4n) is 2.26. The Hall–Kier alpha value is -1.31. The van der Waals surface area contributed by atoms with Gasteiger partial charge in [0.05, 0.1) is 6.04 Å². The van der Waals surface area contributed by atoms with Crippen LogP contribution in [0.4, 0.5) is 0 Å². The topological polar surface area (TPSA) is 29.1 Å². The summed E-state index contributed by atoms with van der Waals surface area (Å²) in [5, 5.41) is 3.13. The van der Waals surface area contributed by atoms with Crippen molar-refractivity contribution in [2.45, 2.75) is 64.8 Å². The third kappa shape index (κ3) is 6.42. The summed E-state index contributed by atoms with van der Waals surface area (Å²) in [7, 11) is 0. The summed E-state index contributed by atoms with van der Waals surface area (Å²) in [6.07, 6.45) is 7.56. The van der Waals surface area contributed by atoms with Gasteiger partial charge in [-0.3, -0.25) is 4.79 Å². The van der Waals surface area contributed by atoms with Crippen LogP contribution in [0.2, 0.25) is 0 Å². The minimum atomic E-state index is 0.157. The first kappa shape index (κ1) is 15.7. The van der Waals surface area contributed by atoms with Crippen LogP contribution in [-0.4, -0.2) is 5.91 Å². The number of carbonyl (C=O) groups is 1. The summed E-state index contributed by atoms with van der Waals surface area (Å²) in [5.74, 6) is 0.187. The molecule has 0 aliphatic rings. The molecule has 0 radical (unpaired) electrons. The number of benzene rings is 1. The molecular formula is C17H27NO. The number of rotatable bonds is 9. The Morgan fingerprint density at radius 3 is 2.37 bits per heavy atom. The molecule has 1 amide bonds. The zero-order valence-electron chi connectivity index (χ0n) is 12.3. The van der Waals surface area contributed by atoms with Crippen molar-refractivity contribution < 1.29 is 4.79 Å². The predicted octanol–water partition coefficient (Wildman–Crippen LogP) is 4.61. The van der Waals surface area contributed by atoms with Crippen LogP contribution >= 0.6 is 0 Å². The standard InChI is InChI=1S/C17H27NO/c1-3-5-6-7-11-14-17(19)18-16(4-2)15-12-9-8-10-13-15/h8-10,12-13,16H,3-7,11,14H2,1-2H3,(H,18,19). The van der Waals surface area contributed by atoms with E-state index in [-0.39, 0.29) is 11.9 Å². The SMILES string of the molecule is CCCCCCCC(=O)NC(CC)c1ccccc1. The lowest BCUT2D eigenvalue weighted by molar-refractivity contribution is -0.122. The highest BCUT2D eigenvalue weighted by Gasteiger charge is 2.11. The fraction of sp³-hybridized carbons (Fsp3) is 0.588. The molecule has 19 heavy (non-hydrogen) atoms. The van der Waals surface area contributed by atoms with E-state index in [1.807, 2.05) is 18.2 Å². The van der Waals surface area contributed by atoms with Crippen LogP contribution in [0.15, 0.2) is 30.3 Å². The molecule has 0 saturated heterocycles. The summed E-state index contributed by atoms with van der Waals surface area (Å²) in [6.45, 7) is 4.32. The number of hydrogen-bond acceptors (Lipinski definition) is 1. The fourth-order valence-corrected chi connectivity index (χ4v) is 2.26. The molecule has 2 nitrogen and oxygen atoms in total. The normalized spacial score (nSPS) is 12.1. The van der Waals surface area contributed by atoms with Crippen molar-refractivity contribution in [3.05, 3.63) is 35.9 Å². The first-order valence-corrected chi connectivity index (χ1v) is 7.62. The van der Waals surface area contributed by atoms with Gasteiger partial charge in [-0.1, -0.05) is 69.9 Å². The number of carbonyl (C=O) groups excluding carboxylic acids is 1. The molecule has 0 aliphatic carbocycles. The maximum Gasteiger partial charge on any atom is 0.220 e. The molecule has 0 aromatic heterocycles. The molecular weight excluding hydrogens is 234 g/mol. The highest BCUT2D eigenvalue weighted by Crippen LogP contribution is 2.16. The van der Waals surface area contributed by atoms with Crippen LogP contribution in [0.3, 0.4) is 0 Å². The van der Waals surface area contributed by atoms with Gasteiger partial charge in [0.25, 0.3) is 0 Å². The van der Waals surface area contributed by atoms with Crippen LogP contribution < -0.4 is 5.32 Å². The van der Waals surface area contributed by atoms with Crippen molar-refractivity contribution in [3.63, 3.8) is 0 Å². The van der Waals surface area contributed by atoms with Crippen LogP contribution in [0, 0.1) is 0 Å². The lowest BCUT2D eigenvalue weighted by Gasteiger charge is -2.17. The lowest BCUT2D eigenvalue weighted by Crippen LogP contribution is -2.27. The molecule has 1 aromatic rings. The maximum absolute atomic E-state index is 11.9. The molecule has 0 aliphatic heterocycles. The molecule has 0 spiro atoms. The van der Waals surface area contributed by atoms with Gasteiger partial charge < -0.3 is 5.32 Å². The van der Waals surface area contributed by atoms with Gasteiger partial charge in [0.2, 0.25) is 5.91 Å². The molecule has 0 fully saturated rings. The van der Waals surface area contributed by atoms with Gasteiger partial charge in [0.1, 0.15) is 0 Å². The Bertz CT molecular complexity index is 348. The summed E-state index contributed by atoms with van der Waals surface area (Å²) < 4.78 is 0. The van der Waals surface area contributed by atoms with Gasteiger partial charge >= 0.3 is 0 Å². The smallest absolute Gasteiger partial charge is 0.220 e. The molecule has 1 aromatic carbocycles.